The van der Waals surface area contributed by atoms with Crippen molar-refractivity contribution in [1.82, 2.24) is 9.97 Å². The molecule has 1 saturated heterocycles. The zero-order valence-electron chi connectivity index (χ0n) is 15.2. The van der Waals surface area contributed by atoms with Crippen LogP contribution in [0.5, 0.6) is 0 Å². The van der Waals surface area contributed by atoms with Crippen molar-refractivity contribution in [3.8, 4) is 0 Å². The van der Waals surface area contributed by atoms with E-state index in [1.54, 1.807) is 0 Å². The van der Waals surface area contributed by atoms with Gasteiger partial charge >= 0.3 is 5.97 Å². The van der Waals surface area contributed by atoms with E-state index < -0.39 is 5.97 Å². The molecule has 3 N–H and O–H groups in total. The normalized spacial score (nSPS) is 15.1. The largest absolute Gasteiger partial charge is 0.481 e. The summed E-state index contributed by atoms with van der Waals surface area (Å²) >= 11 is 0. The lowest BCUT2D eigenvalue weighted by Gasteiger charge is -2.33. The zero-order chi connectivity index (χ0) is 18.7. The van der Waals surface area contributed by atoms with Crippen molar-refractivity contribution in [2.75, 3.05) is 35.2 Å². The number of anilines is 4. The molecule has 0 spiro atoms. The van der Waals surface area contributed by atoms with Crippen LogP contribution in [0.1, 0.15) is 25.3 Å². The Balaban J connectivity index is 1.88. The molecule has 1 aliphatic heterocycles. The van der Waals surface area contributed by atoms with Gasteiger partial charge in [0.2, 0.25) is 0 Å². The molecular weight excluding hydrogens is 330 g/mol. The van der Waals surface area contributed by atoms with Crippen LogP contribution in [0, 0.1) is 12.8 Å². The number of aromatic nitrogens is 2. The van der Waals surface area contributed by atoms with Gasteiger partial charge in [-0.1, -0.05) is 12.1 Å². The molecule has 2 heterocycles. The highest BCUT2D eigenvalue weighted by molar-refractivity contribution is 5.80. The maximum Gasteiger partial charge on any atom is 0.306 e. The lowest BCUT2D eigenvalue weighted by molar-refractivity contribution is -0.142. The molecule has 7 heteroatoms. The number of aryl methyl sites for hydroxylation is 1. The Kier molecular flexibility index (Phi) is 5.25. The van der Waals surface area contributed by atoms with Gasteiger partial charge in [-0.2, -0.15) is 0 Å². The molecule has 0 radical (unpaired) electrons. The summed E-state index contributed by atoms with van der Waals surface area (Å²) in [5.41, 5.74) is 9.17. The molecular formula is C19H25N5O2. The fraction of sp³-hybridized carbons (Fsp3) is 0.421. The molecule has 0 unspecified atom stereocenters. The lowest BCUT2D eigenvalue weighted by atomic mass is 9.97. The van der Waals surface area contributed by atoms with Gasteiger partial charge in [-0.25, -0.2) is 9.97 Å². The van der Waals surface area contributed by atoms with Gasteiger partial charge in [0, 0.05) is 25.3 Å². The number of carboxylic acid groups (broad SMARTS) is 1. The Morgan fingerprint density at radius 1 is 1.35 bits per heavy atom. The first-order chi connectivity index (χ1) is 12.5. The van der Waals surface area contributed by atoms with Gasteiger partial charge in [-0.05, 0) is 44.4 Å². The highest BCUT2D eigenvalue weighted by atomic mass is 16.4. The number of nitrogens with zero attached hydrogens (tertiary/aromatic N) is 4. The van der Waals surface area contributed by atoms with Crippen molar-refractivity contribution in [3.05, 3.63) is 36.2 Å². The van der Waals surface area contributed by atoms with Gasteiger partial charge in [-0.3, -0.25) is 4.79 Å². The van der Waals surface area contributed by atoms with Crippen LogP contribution in [-0.4, -0.2) is 40.7 Å². The Bertz CT molecular complexity index is 787. The van der Waals surface area contributed by atoms with E-state index in [9.17, 15) is 9.90 Å². The van der Waals surface area contributed by atoms with Crippen LogP contribution >= 0.6 is 0 Å². The second kappa shape index (κ2) is 7.59. The number of carboxylic acids is 1. The molecule has 3 rings (SSSR count). The molecule has 0 saturated carbocycles. The van der Waals surface area contributed by atoms with Crippen LogP contribution in [0.2, 0.25) is 0 Å². The number of rotatable bonds is 5. The summed E-state index contributed by atoms with van der Waals surface area (Å²) in [5, 5.41) is 9.17. The van der Waals surface area contributed by atoms with Gasteiger partial charge < -0.3 is 20.6 Å². The number of piperidine rings is 1. The minimum absolute atomic E-state index is 0.284. The Morgan fingerprint density at radius 2 is 2.08 bits per heavy atom. The predicted octanol–water partition coefficient (Wildman–Crippen LogP) is 2.83. The quantitative estimate of drug-likeness (QED) is 0.851. The smallest absolute Gasteiger partial charge is 0.306 e. The van der Waals surface area contributed by atoms with E-state index in [2.05, 4.69) is 45.7 Å². The van der Waals surface area contributed by atoms with Gasteiger partial charge in [-0.15, -0.1) is 0 Å². The monoisotopic (exact) mass is 355 g/mol. The summed E-state index contributed by atoms with van der Waals surface area (Å²) in [6.07, 6.45) is 2.73. The molecule has 1 aromatic heterocycles. The van der Waals surface area contributed by atoms with Gasteiger partial charge in [0.05, 0.1) is 5.92 Å². The van der Waals surface area contributed by atoms with E-state index in [1.807, 2.05) is 12.1 Å². The summed E-state index contributed by atoms with van der Waals surface area (Å²) in [6.45, 7) is 6.11. The second-order valence-electron chi connectivity index (χ2n) is 6.62. The number of aliphatic carboxylic acids is 1. The van der Waals surface area contributed by atoms with E-state index in [0.717, 1.165) is 12.2 Å². The first kappa shape index (κ1) is 18.0. The fourth-order valence-electron chi connectivity index (χ4n) is 3.43. The molecule has 138 valence electrons. The number of hydrogen-bond donors (Lipinski definition) is 2. The highest BCUT2D eigenvalue weighted by Crippen LogP contribution is 2.35. The molecule has 0 aliphatic carbocycles. The number of nitrogens with two attached hydrogens (primary N) is 1. The molecule has 7 nitrogen and oxygen atoms in total. The molecule has 1 fully saturated rings. The number of hydrogen-bond acceptors (Lipinski definition) is 6. The summed E-state index contributed by atoms with van der Waals surface area (Å²) in [5.74, 6) is 0.360. The fourth-order valence-corrected chi connectivity index (χ4v) is 3.43. The third kappa shape index (κ3) is 3.56. The first-order valence-electron chi connectivity index (χ1n) is 8.93. The summed E-state index contributed by atoms with van der Waals surface area (Å²) in [4.78, 5) is 24.1. The molecule has 1 aromatic carbocycles. The van der Waals surface area contributed by atoms with Crippen molar-refractivity contribution in [1.29, 1.82) is 0 Å². The molecule has 0 bridgehead atoms. The number of nitrogen functional groups attached to an aromatic ring is 1. The molecule has 1 aliphatic rings. The molecule has 26 heavy (non-hydrogen) atoms. The van der Waals surface area contributed by atoms with E-state index in [0.29, 0.717) is 43.3 Å². The van der Waals surface area contributed by atoms with Crippen molar-refractivity contribution in [2.24, 2.45) is 5.92 Å². The van der Waals surface area contributed by atoms with Gasteiger partial charge in [0.25, 0.3) is 0 Å². The Hall–Kier alpha value is -2.83. The van der Waals surface area contributed by atoms with Crippen molar-refractivity contribution >= 4 is 29.0 Å². The average Bonchev–Trinajstić information content (AvgIpc) is 2.64. The van der Waals surface area contributed by atoms with Crippen LogP contribution < -0.4 is 15.5 Å². The zero-order valence-corrected chi connectivity index (χ0v) is 15.2. The molecule has 0 amide bonds. The number of carbonyl (C=O) groups is 1. The van der Waals surface area contributed by atoms with Crippen molar-refractivity contribution in [3.63, 3.8) is 0 Å². The topological polar surface area (TPSA) is 95.6 Å². The van der Waals surface area contributed by atoms with Crippen LogP contribution in [0.15, 0.2) is 30.6 Å². The summed E-state index contributed by atoms with van der Waals surface area (Å²) in [7, 11) is 0. The van der Waals surface area contributed by atoms with Crippen molar-refractivity contribution in [2.45, 2.75) is 26.7 Å². The van der Waals surface area contributed by atoms with Crippen LogP contribution in [0.25, 0.3) is 0 Å². The standard InChI is InChI=1S/C19H25N5O2/c1-3-24(15-6-4-5-13(2)11-15)18-16(20)17(21-12-22-18)23-9-7-14(8-10-23)19(25)26/h4-6,11-12,14H,3,7-10,20H2,1-2H3,(H,25,26). The number of benzene rings is 1. The third-order valence-electron chi connectivity index (χ3n) is 4.87. The maximum absolute atomic E-state index is 11.2. The average molecular weight is 355 g/mol. The van der Waals surface area contributed by atoms with E-state index in [4.69, 9.17) is 5.73 Å². The first-order valence-corrected chi connectivity index (χ1v) is 8.93. The maximum atomic E-state index is 11.2. The van der Waals surface area contributed by atoms with Crippen LogP contribution in [-0.2, 0) is 4.79 Å². The third-order valence-corrected chi connectivity index (χ3v) is 4.87. The molecule has 2 aromatic rings. The second-order valence-corrected chi connectivity index (χ2v) is 6.62. The van der Waals surface area contributed by atoms with Crippen LogP contribution in [0.3, 0.4) is 0 Å². The minimum Gasteiger partial charge on any atom is -0.481 e. The van der Waals surface area contributed by atoms with Crippen LogP contribution in [0.4, 0.5) is 23.0 Å². The van der Waals surface area contributed by atoms with E-state index in [1.165, 1.54) is 11.9 Å². The van der Waals surface area contributed by atoms with Gasteiger partial charge in [0.15, 0.2) is 11.6 Å². The Labute approximate surface area is 153 Å². The van der Waals surface area contributed by atoms with E-state index >= 15 is 0 Å². The predicted molar refractivity (Wildman–Crippen MR) is 103 cm³/mol. The van der Waals surface area contributed by atoms with E-state index in [-0.39, 0.29) is 5.92 Å². The van der Waals surface area contributed by atoms with Gasteiger partial charge in [0.1, 0.15) is 12.0 Å². The van der Waals surface area contributed by atoms with Crippen molar-refractivity contribution < 1.29 is 9.90 Å². The highest BCUT2D eigenvalue weighted by Gasteiger charge is 2.27. The molecule has 0 atom stereocenters. The summed E-state index contributed by atoms with van der Waals surface area (Å²) < 4.78 is 0. The summed E-state index contributed by atoms with van der Waals surface area (Å²) in [6, 6.07) is 8.21. The SMILES string of the molecule is CCN(c1cccc(C)c1)c1ncnc(N2CCC(C(=O)O)CC2)c1N. The minimum atomic E-state index is -0.724. The Morgan fingerprint density at radius 3 is 2.69 bits per heavy atom. The lowest BCUT2D eigenvalue weighted by Crippen LogP contribution is -2.37.